The first-order chi connectivity index (χ1) is 16.7. The van der Waals surface area contributed by atoms with Crippen LogP contribution < -0.4 is 5.73 Å². The summed E-state index contributed by atoms with van der Waals surface area (Å²) in [4.78, 5) is 9.04. The smallest absolute Gasteiger partial charge is 0.390 e. The van der Waals surface area contributed by atoms with Gasteiger partial charge in [0.25, 0.3) is 0 Å². The van der Waals surface area contributed by atoms with Gasteiger partial charge in [0.1, 0.15) is 5.69 Å². The summed E-state index contributed by atoms with van der Waals surface area (Å²) < 4.78 is 41.3. The van der Waals surface area contributed by atoms with Gasteiger partial charge < -0.3 is 10.8 Å². The Morgan fingerprint density at radius 1 is 1.06 bits per heavy atom. The zero-order valence-corrected chi connectivity index (χ0v) is 18.5. The average Bonchev–Trinajstić information content (AvgIpc) is 3.51. The molecule has 5 aromatic rings. The molecule has 1 unspecified atom stereocenters. The van der Waals surface area contributed by atoms with E-state index >= 15 is 0 Å². The van der Waals surface area contributed by atoms with E-state index in [1.54, 1.807) is 41.2 Å². The summed E-state index contributed by atoms with van der Waals surface area (Å²) in [5.41, 5.74) is 8.57. The largest absolute Gasteiger partial charge is 0.432 e. The summed E-state index contributed by atoms with van der Waals surface area (Å²) in [6.07, 6.45) is -3.01. The van der Waals surface area contributed by atoms with Crippen molar-refractivity contribution < 1.29 is 18.3 Å². The molecule has 178 valence electrons. The fraction of sp³-hybridized carbons (Fsp3) is 0.167. The number of hydrogen-bond acceptors (Lipinski definition) is 6. The number of halogens is 3. The summed E-state index contributed by atoms with van der Waals surface area (Å²) in [6, 6.07) is 14.8. The van der Waals surface area contributed by atoms with Crippen LogP contribution in [-0.2, 0) is 12.8 Å². The van der Waals surface area contributed by atoms with Crippen molar-refractivity contribution in [3.8, 4) is 28.3 Å². The second-order valence-corrected chi connectivity index (χ2v) is 8.06. The highest BCUT2D eigenvalue weighted by Gasteiger charge is 2.33. The molecule has 0 spiro atoms. The fourth-order valence-corrected chi connectivity index (χ4v) is 3.81. The summed E-state index contributed by atoms with van der Waals surface area (Å²) in [7, 11) is 0. The number of fused-ring (bicyclic) bond motifs is 1. The Balaban J connectivity index is 1.76. The molecule has 5 rings (SSSR count). The van der Waals surface area contributed by atoms with E-state index in [1.165, 1.54) is 0 Å². The number of nitrogens with one attached hydrogen (secondary N) is 1. The number of H-pyrrole nitrogens is 1. The summed E-state index contributed by atoms with van der Waals surface area (Å²) in [6.45, 7) is 1.57. The van der Waals surface area contributed by atoms with E-state index in [-0.39, 0.29) is 18.3 Å². The number of aliphatic hydroxyl groups is 1. The molecule has 0 saturated carbocycles. The summed E-state index contributed by atoms with van der Waals surface area (Å²) in [5.74, 6) is 0.449. The lowest BCUT2D eigenvalue weighted by Gasteiger charge is -2.11. The first-order valence-electron chi connectivity index (χ1n) is 10.7. The molecule has 1 aromatic carbocycles. The minimum absolute atomic E-state index is 0.115. The predicted octanol–water partition coefficient (Wildman–Crippen LogP) is 4.40. The summed E-state index contributed by atoms with van der Waals surface area (Å²) in [5, 5.41) is 20.5. The second-order valence-electron chi connectivity index (χ2n) is 8.06. The van der Waals surface area contributed by atoms with Gasteiger partial charge in [0.15, 0.2) is 5.82 Å². The topological polar surface area (TPSA) is 119 Å². The molecule has 4 heterocycles. The number of aromatic amines is 1. The van der Waals surface area contributed by atoms with Gasteiger partial charge in [0.05, 0.1) is 41.1 Å². The minimum atomic E-state index is -4.56. The molecule has 1 atom stereocenters. The van der Waals surface area contributed by atoms with Crippen LogP contribution in [0, 0.1) is 0 Å². The summed E-state index contributed by atoms with van der Waals surface area (Å²) >= 11 is 0. The number of nitrogens with two attached hydrogens (primary N) is 1. The number of aromatic nitrogens is 6. The van der Waals surface area contributed by atoms with E-state index in [0.29, 0.717) is 44.9 Å². The van der Waals surface area contributed by atoms with Gasteiger partial charge in [-0.2, -0.15) is 23.4 Å². The van der Waals surface area contributed by atoms with Crippen molar-refractivity contribution >= 4 is 10.9 Å². The number of benzene rings is 1. The van der Waals surface area contributed by atoms with Gasteiger partial charge in [-0.1, -0.05) is 12.1 Å². The third kappa shape index (κ3) is 4.27. The first kappa shape index (κ1) is 22.7. The number of alkyl halides is 3. The lowest BCUT2D eigenvalue weighted by molar-refractivity contribution is -0.141. The number of pyridine rings is 2. The highest BCUT2D eigenvalue weighted by molar-refractivity contribution is 5.97. The third-order valence-electron chi connectivity index (χ3n) is 5.55. The Hall–Kier alpha value is -4.09. The quantitative estimate of drug-likeness (QED) is 0.344. The van der Waals surface area contributed by atoms with Crippen molar-refractivity contribution in [2.45, 2.75) is 25.7 Å². The SMILES string of the molecule is CC(N)c1cccc(-c2cc(-c3cc(C(F)(F)F)[nH]n3)c3cnn(-c4cccc(CO)n4)c3c2)n1. The lowest BCUT2D eigenvalue weighted by Crippen LogP contribution is -2.07. The monoisotopic (exact) mass is 479 g/mol. The number of aliphatic hydroxyl groups excluding tert-OH is 1. The van der Waals surface area contributed by atoms with Crippen LogP contribution in [0.1, 0.15) is 30.0 Å². The van der Waals surface area contributed by atoms with Crippen molar-refractivity contribution in [1.29, 1.82) is 0 Å². The Labute approximate surface area is 197 Å². The fourth-order valence-electron chi connectivity index (χ4n) is 3.81. The van der Waals surface area contributed by atoms with Crippen LogP contribution in [0.15, 0.2) is 60.8 Å². The Kier molecular flexibility index (Phi) is 5.58. The molecule has 0 radical (unpaired) electrons. The second kappa shape index (κ2) is 8.60. The van der Waals surface area contributed by atoms with Crippen LogP contribution in [0.3, 0.4) is 0 Å². The maximum absolute atomic E-state index is 13.3. The van der Waals surface area contributed by atoms with Crippen LogP contribution in [-0.4, -0.2) is 35.1 Å². The number of hydrogen-bond donors (Lipinski definition) is 3. The zero-order chi connectivity index (χ0) is 24.7. The molecule has 0 bridgehead atoms. The molecule has 11 heteroatoms. The van der Waals surface area contributed by atoms with E-state index in [2.05, 4.69) is 25.3 Å². The molecule has 0 aliphatic heterocycles. The highest BCUT2D eigenvalue weighted by Crippen LogP contribution is 2.36. The van der Waals surface area contributed by atoms with Gasteiger partial charge in [0.2, 0.25) is 0 Å². The molecule has 8 nitrogen and oxygen atoms in total. The van der Waals surface area contributed by atoms with E-state index in [1.807, 2.05) is 25.1 Å². The molecular weight excluding hydrogens is 459 g/mol. The van der Waals surface area contributed by atoms with Crippen LogP contribution >= 0.6 is 0 Å². The maximum Gasteiger partial charge on any atom is 0.432 e. The van der Waals surface area contributed by atoms with Crippen LogP contribution in [0.25, 0.3) is 39.2 Å². The van der Waals surface area contributed by atoms with E-state index in [0.717, 1.165) is 6.07 Å². The van der Waals surface area contributed by atoms with Crippen molar-refractivity contribution in [2.75, 3.05) is 0 Å². The van der Waals surface area contributed by atoms with E-state index in [4.69, 9.17) is 5.73 Å². The highest BCUT2D eigenvalue weighted by atomic mass is 19.4. The number of rotatable bonds is 5. The van der Waals surface area contributed by atoms with Gasteiger partial charge in [-0.25, -0.2) is 9.67 Å². The number of nitrogens with zero attached hydrogens (tertiary/aromatic N) is 5. The van der Waals surface area contributed by atoms with E-state index < -0.39 is 11.9 Å². The Morgan fingerprint density at radius 3 is 2.57 bits per heavy atom. The van der Waals surface area contributed by atoms with Crippen molar-refractivity contribution in [1.82, 2.24) is 29.9 Å². The molecule has 35 heavy (non-hydrogen) atoms. The standard InChI is InChI=1S/C24H20F3N7O/c1-13(28)18-5-3-6-19(31-18)14-8-16(20-10-22(33-32-20)24(25,26)27)17-11-29-34(21(17)9-14)23-7-2-4-15(12-35)30-23/h2-11,13,35H,12,28H2,1H3,(H,32,33). The normalized spacial score (nSPS) is 12.9. The van der Waals surface area contributed by atoms with Crippen LogP contribution in [0.5, 0.6) is 0 Å². The molecule has 4 aromatic heterocycles. The van der Waals surface area contributed by atoms with Crippen molar-refractivity contribution in [3.05, 3.63) is 77.9 Å². The zero-order valence-electron chi connectivity index (χ0n) is 18.5. The lowest BCUT2D eigenvalue weighted by atomic mass is 10.0. The Morgan fingerprint density at radius 2 is 1.86 bits per heavy atom. The maximum atomic E-state index is 13.3. The van der Waals surface area contributed by atoms with Gasteiger partial charge in [-0.15, -0.1) is 0 Å². The van der Waals surface area contributed by atoms with Gasteiger partial charge in [0, 0.05) is 22.6 Å². The van der Waals surface area contributed by atoms with Crippen molar-refractivity contribution in [2.24, 2.45) is 5.73 Å². The molecule has 0 aliphatic rings. The predicted molar refractivity (Wildman–Crippen MR) is 123 cm³/mol. The molecule has 0 fully saturated rings. The average molecular weight is 479 g/mol. The van der Waals surface area contributed by atoms with Crippen LogP contribution in [0.2, 0.25) is 0 Å². The van der Waals surface area contributed by atoms with Gasteiger partial charge in [-0.3, -0.25) is 10.1 Å². The van der Waals surface area contributed by atoms with E-state index in [9.17, 15) is 18.3 Å². The molecule has 0 saturated heterocycles. The Bertz CT molecular complexity index is 1520. The van der Waals surface area contributed by atoms with Crippen molar-refractivity contribution in [3.63, 3.8) is 0 Å². The molecular formula is C24H20F3N7O. The minimum Gasteiger partial charge on any atom is -0.390 e. The third-order valence-corrected chi connectivity index (χ3v) is 5.55. The van der Waals surface area contributed by atoms with Gasteiger partial charge >= 0.3 is 6.18 Å². The van der Waals surface area contributed by atoms with Crippen LogP contribution in [0.4, 0.5) is 13.2 Å². The molecule has 0 aliphatic carbocycles. The first-order valence-corrected chi connectivity index (χ1v) is 10.7. The van der Waals surface area contributed by atoms with Gasteiger partial charge in [-0.05, 0) is 49.4 Å². The molecule has 4 N–H and O–H groups in total. The molecule has 0 amide bonds.